The van der Waals surface area contributed by atoms with Gasteiger partial charge in [0.2, 0.25) is 0 Å². The number of nitrogens with one attached hydrogen (secondary N) is 1. The largest absolute Gasteiger partial charge is 0.369 e. The summed E-state index contributed by atoms with van der Waals surface area (Å²) in [5.74, 6) is 1.20. The van der Waals surface area contributed by atoms with E-state index in [1.54, 1.807) is 0 Å². The van der Waals surface area contributed by atoms with Gasteiger partial charge in [-0.3, -0.25) is 0 Å². The van der Waals surface area contributed by atoms with Crippen LogP contribution in [0.2, 0.25) is 0 Å². The van der Waals surface area contributed by atoms with E-state index in [2.05, 4.69) is 22.1 Å². The molecule has 0 fully saturated rings. The Balaban J connectivity index is 4.01. The Morgan fingerprint density at radius 2 is 2.15 bits per heavy atom. The smallest absolute Gasteiger partial charge is 0.140 e. The minimum atomic E-state index is -0.194. The summed E-state index contributed by atoms with van der Waals surface area (Å²) in [4.78, 5) is 0. The summed E-state index contributed by atoms with van der Waals surface area (Å²) in [6.07, 6.45) is 0.817. The van der Waals surface area contributed by atoms with Crippen molar-refractivity contribution in [2.75, 3.05) is 12.4 Å². The molecular formula is C9H18ClN3. The molecule has 0 unspecified atom stereocenters. The van der Waals surface area contributed by atoms with Crippen molar-refractivity contribution < 1.29 is 0 Å². The van der Waals surface area contributed by atoms with Gasteiger partial charge < -0.3 is 5.32 Å². The summed E-state index contributed by atoms with van der Waals surface area (Å²) in [5, 5.41) is 11.1. The number of halogens is 1. The Kier molecular flexibility index (Phi) is 5.71. The molecule has 0 rings (SSSR count). The van der Waals surface area contributed by atoms with Crippen molar-refractivity contribution >= 4 is 11.6 Å². The third-order valence-electron chi connectivity index (χ3n) is 1.53. The molecule has 3 nitrogen and oxygen atoms in total. The first-order chi connectivity index (χ1) is 6.02. The molecule has 0 spiro atoms. The Labute approximate surface area is 85.3 Å². The zero-order valence-electron chi connectivity index (χ0n) is 8.60. The molecule has 0 aliphatic heterocycles. The predicted molar refractivity (Wildman–Crippen MR) is 57.1 cm³/mol. The van der Waals surface area contributed by atoms with Gasteiger partial charge in [0.15, 0.2) is 0 Å². The molecule has 76 valence electrons. The molecule has 0 aromatic heterocycles. The standard InChI is InChI=1S/C9H18ClN3/c1-5-11-8(2)12-13-9(3,4)6-7-10/h11H,2,5-7H2,1,3-4H3/b13-12-. The van der Waals surface area contributed by atoms with E-state index in [0.29, 0.717) is 11.7 Å². The number of azo groups is 1. The van der Waals surface area contributed by atoms with Crippen molar-refractivity contribution in [2.24, 2.45) is 10.2 Å². The quantitative estimate of drug-likeness (QED) is 0.523. The first-order valence-electron chi connectivity index (χ1n) is 4.43. The molecule has 0 amide bonds. The fraction of sp³-hybridized carbons (Fsp3) is 0.778. The van der Waals surface area contributed by atoms with E-state index in [9.17, 15) is 0 Å². The van der Waals surface area contributed by atoms with Crippen LogP contribution in [0.1, 0.15) is 27.2 Å². The van der Waals surface area contributed by atoms with Gasteiger partial charge in [-0.15, -0.1) is 16.7 Å². The zero-order chi connectivity index (χ0) is 10.3. The van der Waals surface area contributed by atoms with E-state index < -0.39 is 0 Å². The molecule has 0 heterocycles. The number of nitrogens with zero attached hydrogens (tertiary/aromatic N) is 2. The van der Waals surface area contributed by atoms with Crippen LogP contribution in [0.25, 0.3) is 0 Å². The van der Waals surface area contributed by atoms with Crippen molar-refractivity contribution in [3.8, 4) is 0 Å². The molecule has 0 aliphatic rings. The highest BCUT2D eigenvalue weighted by Crippen LogP contribution is 2.15. The average Bonchev–Trinajstić information content (AvgIpc) is 2.02. The van der Waals surface area contributed by atoms with Crippen LogP contribution in [0.4, 0.5) is 0 Å². The van der Waals surface area contributed by atoms with Gasteiger partial charge in [-0.05, 0) is 27.2 Å². The molecule has 0 atom stereocenters. The highest BCUT2D eigenvalue weighted by molar-refractivity contribution is 6.17. The average molecular weight is 204 g/mol. The summed E-state index contributed by atoms with van der Waals surface area (Å²) in [6.45, 7) is 10.5. The lowest BCUT2D eigenvalue weighted by Crippen LogP contribution is -2.17. The molecule has 0 radical (unpaired) electrons. The minimum absolute atomic E-state index is 0.194. The van der Waals surface area contributed by atoms with Gasteiger partial charge in [-0.2, -0.15) is 5.11 Å². The van der Waals surface area contributed by atoms with Crippen LogP contribution in [0.5, 0.6) is 0 Å². The molecule has 13 heavy (non-hydrogen) atoms. The normalized spacial score (nSPS) is 12.0. The first kappa shape index (κ1) is 12.4. The van der Waals surface area contributed by atoms with Crippen molar-refractivity contribution in [2.45, 2.75) is 32.7 Å². The first-order valence-corrected chi connectivity index (χ1v) is 4.97. The highest BCUT2D eigenvalue weighted by atomic mass is 35.5. The van der Waals surface area contributed by atoms with Crippen LogP contribution in [-0.4, -0.2) is 18.0 Å². The number of rotatable bonds is 6. The van der Waals surface area contributed by atoms with Gasteiger partial charge >= 0.3 is 0 Å². The summed E-state index contributed by atoms with van der Waals surface area (Å²) in [6, 6.07) is 0. The summed E-state index contributed by atoms with van der Waals surface area (Å²) in [5.41, 5.74) is -0.194. The van der Waals surface area contributed by atoms with E-state index in [-0.39, 0.29) is 5.54 Å². The molecule has 0 aromatic carbocycles. The lowest BCUT2D eigenvalue weighted by Gasteiger charge is -2.15. The SMILES string of the molecule is C=C(/N=N\C(C)(C)CCCl)NCC. The lowest BCUT2D eigenvalue weighted by molar-refractivity contribution is 0.478. The number of hydrogen-bond acceptors (Lipinski definition) is 3. The van der Waals surface area contributed by atoms with Gasteiger partial charge in [-0.25, -0.2) is 0 Å². The summed E-state index contributed by atoms with van der Waals surface area (Å²) < 4.78 is 0. The molecular weight excluding hydrogens is 186 g/mol. The van der Waals surface area contributed by atoms with Crippen LogP contribution >= 0.6 is 11.6 Å². The molecule has 0 saturated carbocycles. The second kappa shape index (κ2) is 5.97. The topological polar surface area (TPSA) is 36.8 Å². The molecule has 1 N–H and O–H groups in total. The second-order valence-electron chi connectivity index (χ2n) is 3.43. The maximum Gasteiger partial charge on any atom is 0.140 e. The minimum Gasteiger partial charge on any atom is -0.369 e. The highest BCUT2D eigenvalue weighted by Gasteiger charge is 2.15. The lowest BCUT2D eigenvalue weighted by atomic mass is 10.0. The van der Waals surface area contributed by atoms with Crippen LogP contribution < -0.4 is 5.32 Å². The fourth-order valence-electron chi connectivity index (χ4n) is 0.716. The third-order valence-corrected chi connectivity index (χ3v) is 1.72. The summed E-state index contributed by atoms with van der Waals surface area (Å²) in [7, 11) is 0. The van der Waals surface area contributed by atoms with E-state index in [0.717, 1.165) is 13.0 Å². The monoisotopic (exact) mass is 203 g/mol. The van der Waals surface area contributed by atoms with Crippen LogP contribution in [0.3, 0.4) is 0 Å². The van der Waals surface area contributed by atoms with E-state index in [1.807, 2.05) is 20.8 Å². The Bertz CT molecular complexity index is 187. The summed E-state index contributed by atoms with van der Waals surface area (Å²) >= 11 is 5.62. The predicted octanol–water partition coefficient (Wildman–Crippen LogP) is 2.93. The van der Waals surface area contributed by atoms with Gasteiger partial charge in [0.25, 0.3) is 0 Å². The molecule has 0 aromatic rings. The second-order valence-corrected chi connectivity index (χ2v) is 3.81. The number of hydrogen-bond donors (Lipinski definition) is 1. The van der Waals surface area contributed by atoms with Gasteiger partial charge in [-0.1, -0.05) is 6.58 Å². The molecule has 4 heteroatoms. The molecule has 0 aliphatic carbocycles. The van der Waals surface area contributed by atoms with E-state index in [4.69, 9.17) is 11.6 Å². The van der Waals surface area contributed by atoms with Gasteiger partial charge in [0.05, 0.1) is 5.54 Å². The van der Waals surface area contributed by atoms with Crippen LogP contribution in [0.15, 0.2) is 22.6 Å². The molecule has 0 saturated heterocycles. The molecule has 0 bridgehead atoms. The van der Waals surface area contributed by atoms with Crippen molar-refractivity contribution in [3.05, 3.63) is 12.4 Å². The van der Waals surface area contributed by atoms with Gasteiger partial charge in [0.1, 0.15) is 5.82 Å². The van der Waals surface area contributed by atoms with Crippen molar-refractivity contribution in [3.63, 3.8) is 0 Å². The maximum atomic E-state index is 5.62. The zero-order valence-corrected chi connectivity index (χ0v) is 9.36. The van der Waals surface area contributed by atoms with Crippen LogP contribution in [0, 0.1) is 0 Å². The Morgan fingerprint density at radius 1 is 1.54 bits per heavy atom. The fourth-order valence-corrected chi connectivity index (χ4v) is 1.18. The van der Waals surface area contributed by atoms with Crippen molar-refractivity contribution in [1.82, 2.24) is 5.32 Å². The van der Waals surface area contributed by atoms with E-state index >= 15 is 0 Å². The third kappa shape index (κ3) is 6.58. The number of alkyl halides is 1. The Morgan fingerprint density at radius 3 is 2.62 bits per heavy atom. The van der Waals surface area contributed by atoms with E-state index in [1.165, 1.54) is 0 Å². The van der Waals surface area contributed by atoms with Gasteiger partial charge in [0, 0.05) is 12.4 Å². The van der Waals surface area contributed by atoms with Crippen LogP contribution in [-0.2, 0) is 0 Å². The van der Waals surface area contributed by atoms with Crippen molar-refractivity contribution in [1.29, 1.82) is 0 Å². The Hall–Kier alpha value is -0.570. The maximum absolute atomic E-state index is 5.62.